The molecule has 0 aromatic carbocycles. The molecule has 1 rings (SSSR count). The number of morpholine rings is 1. The number of hydrogen-bond donors (Lipinski definition) is 2. The fourth-order valence-corrected chi connectivity index (χ4v) is 1.84. The van der Waals surface area contributed by atoms with E-state index in [2.05, 4.69) is 5.32 Å². The summed E-state index contributed by atoms with van der Waals surface area (Å²) in [6.45, 7) is 0.850. The van der Waals surface area contributed by atoms with E-state index in [-0.39, 0.29) is 19.7 Å². The van der Waals surface area contributed by atoms with Crippen LogP contribution in [0, 0.1) is 0 Å². The van der Waals surface area contributed by atoms with Crippen LogP contribution in [0.3, 0.4) is 0 Å². The molecule has 1 fully saturated rings. The molecule has 0 radical (unpaired) electrons. The van der Waals surface area contributed by atoms with Gasteiger partial charge in [0.25, 0.3) is 0 Å². The highest BCUT2D eigenvalue weighted by Crippen LogP contribution is 2.07. The van der Waals surface area contributed by atoms with E-state index in [1.165, 1.54) is 4.90 Å². The molecule has 1 saturated heterocycles. The lowest BCUT2D eigenvalue weighted by Crippen LogP contribution is -2.56. The van der Waals surface area contributed by atoms with Crippen molar-refractivity contribution in [1.82, 2.24) is 10.2 Å². The van der Waals surface area contributed by atoms with Crippen molar-refractivity contribution in [2.45, 2.75) is 6.04 Å². The molecule has 2 amide bonds. The van der Waals surface area contributed by atoms with Crippen molar-refractivity contribution in [3.05, 3.63) is 0 Å². The summed E-state index contributed by atoms with van der Waals surface area (Å²) in [5.74, 6) is -0.729. The molecule has 0 aromatic heterocycles. The standard InChI is InChI=1S/C9H16N2O5S/c1-17(15)5-2-10-9(14)11-3-4-16-6-7(11)8(12)13/h7H,2-6H2,1H3,(H,10,14)(H,12,13). The van der Waals surface area contributed by atoms with Crippen LogP contribution in [0.1, 0.15) is 0 Å². The van der Waals surface area contributed by atoms with Gasteiger partial charge in [0.05, 0.1) is 13.2 Å². The Morgan fingerprint density at radius 3 is 2.88 bits per heavy atom. The number of carboxylic acid groups (broad SMARTS) is 1. The third-order valence-electron chi connectivity index (χ3n) is 2.34. The van der Waals surface area contributed by atoms with Gasteiger partial charge < -0.3 is 20.1 Å². The predicted octanol–water partition coefficient (Wildman–Crippen LogP) is -1.14. The molecule has 1 aliphatic heterocycles. The molecular formula is C9H16N2O5S. The number of nitrogens with one attached hydrogen (secondary N) is 1. The molecule has 0 aromatic rings. The summed E-state index contributed by atoms with van der Waals surface area (Å²) in [6.07, 6.45) is 1.54. The fourth-order valence-electron chi connectivity index (χ4n) is 1.45. The minimum absolute atomic E-state index is 0.00244. The highest BCUT2D eigenvalue weighted by molar-refractivity contribution is 7.84. The number of carbonyl (C=O) groups excluding carboxylic acids is 1. The quantitative estimate of drug-likeness (QED) is 0.669. The van der Waals surface area contributed by atoms with Crippen LogP contribution in [0.15, 0.2) is 0 Å². The van der Waals surface area contributed by atoms with Crippen LogP contribution in [-0.2, 0) is 20.3 Å². The van der Waals surface area contributed by atoms with E-state index in [4.69, 9.17) is 9.84 Å². The molecule has 0 spiro atoms. The predicted molar refractivity (Wildman–Crippen MR) is 61.3 cm³/mol. The van der Waals surface area contributed by atoms with Gasteiger partial charge in [-0.1, -0.05) is 0 Å². The van der Waals surface area contributed by atoms with Gasteiger partial charge in [-0.05, 0) is 0 Å². The summed E-state index contributed by atoms with van der Waals surface area (Å²) < 4.78 is 15.8. The Bertz CT molecular complexity index is 323. The van der Waals surface area contributed by atoms with Crippen molar-refractivity contribution in [2.24, 2.45) is 0 Å². The number of ether oxygens (including phenoxy) is 1. The van der Waals surface area contributed by atoms with Gasteiger partial charge in [0.1, 0.15) is 0 Å². The van der Waals surface area contributed by atoms with Crippen molar-refractivity contribution in [3.8, 4) is 0 Å². The van der Waals surface area contributed by atoms with Gasteiger partial charge >= 0.3 is 12.0 Å². The van der Waals surface area contributed by atoms with E-state index < -0.39 is 28.8 Å². The molecule has 98 valence electrons. The fraction of sp³-hybridized carbons (Fsp3) is 0.778. The van der Waals surface area contributed by atoms with Gasteiger partial charge in [-0.2, -0.15) is 0 Å². The normalized spacial score (nSPS) is 21.9. The lowest BCUT2D eigenvalue weighted by Gasteiger charge is -2.32. The number of aliphatic carboxylic acids is 1. The third-order valence-corrected chi connectivity index (χ3v) is 3.12. The van der Waals surface area contributed by atoms with Crippen LogP contribution in [0.4, 0.5) is 4.79 Å². The zero-order chi connectivity index (χ0) is 12.8. The second kappa shape index (κ2) is 6.55. The molecule has 17 heavy (non-hydrogen) atoms. The van der Waals surface area contributed by atoms with Crippen molar-refractivity contribution in [3.63, 3.8) is 0 Å². The highest BCUT2D eigenvalue weighted by Gasteiger charge is 2.32. The summed E-state index contributed by atoms with van der Waals surface area (Å²) in [6, 6.07) is -1.40. The highest BCUT2D eigenvalue weighted by atomic mass is 32.2. The minimum atomic E-state index is -1.08. The van der Waals surface area contributed by atoms with Crippen molar-refractivity contribution >= 4 is 22.8 Å². The van der Waals surface area contributed by atoms with Gasteiger partial charge in [-0.25, -0.2) is 9.59 Å². The number of carbonyl (C=O) groups is 2. The van der Waals surface area contributed by atoms with Crippen LogP contribution >= 0.6 is 0 Å². The first kappa shape index (κ1) is 13.9. The van der Waals surface area contributed by atoms with Gasteiger partial charge in [0.2, 0.25) is 0 Å². The number of urea groups is 1. The van der Waals surface area contributed by atoms with Gasteiger partial charge in [-0.15, -0.1) is 0 Å². The number of rotatable bonds is 4. The number of carboxylic acids is 1. The summed E-state index contributed by atoms with van der Waals surface area (Å²) in [5.41, 5.74) is 0. The molecule has 2 atom stereocenters. The Morgan fingerprint density at radius 1 is 1.59 bits per heavy atom. The van der Waals surface area contributed by atoms with Crippen molar-refractivity contribution in [1.29, 1.82) is 0 Å². The van der Waals surface area contributed by atoms with Gasteiger partial charge in [0, 0.05) is 35.9 Å². The van der Waals surface area contributed by atoms with E-state index in [1.54, 1.807) is 6.26 Å². The van der Waals surface area contributed by atoms with Crippen LogP contribution < -0.4 is 5.32 Å². The zero-order valence-electron chi connectivity index (χ0n) is 9.55. The van der Waals surface area contributed by atoms with Gasteiger partial charge in [0.15, 0.2) is 6.04 Å². The monoisotopic (exact) mass is 264 g/mol. The maximum absolute atomic E-state index is 11.7. The molecule has 8 heteroatoms. The lowest BCUT2D eigenvalue weighted by molar-refractivity contribution is -0.147. The average Bonchev–Trinajstić information content (AvgIpc) is 2.28. The smallest absolute Gasteiger partial charge is 0.328 e. The van der Waals surface area contributed by atoms with Gasteiger partial charge in [-0.3, -0.25) is 4.21 Å². The summed E-state index contributed by atoms with van der Waals surface area (Å²) >= 11 is 0. The molecule has 0 bridgehead atoms. The maximum Gasteiger partial charge on any atom is 0.328 e. The first-order valence-corrected chi connectivity index (χ1v) is 6.90. The average molecular weight is 264 g/mol. The lowest BCUT2D eigenvalue weighted by atomic mass is 10.2. The second-order valence-corrected chi connectivity index (χ2v) is 5.19. The van der Waals surface area contributed by atoms with Crippen molar-refractivity contribution < 1.29 is 23.6 Å². The topological polar surface area (TPSA) is 95.9 Å². The molecule has 1 aliphatic rings. The Morgan fingerprint density at radius 2 is 2.29 bits per heavy atom. The summed E-state index contributed by atoms with van der Waals surface area (Å²) in [4.78, 5) is 23.8. The van der Waals surface area contributed by atoms with E-state index in [0.717, 1.165) is 0 Å². The molecule has 1 heterocycles. The van der Waals surface area contributed by atoms with E-state index in [9.17, 15) is 13.8 Å². The van der Waals surface area contributed by atoms with E-state index >= 15 is 0 Å². The molecule has 2 N–H and O–H groups in total. The number of hydrogen-bond acceptors (Lipinski definition) is 4. The Kier molecular flexibility index (Phi) is 5.36. The molecule has 7 nitrogen and oxygen atoms in total. The zero-order valence-corrected chi connectivity index (χ0v) is 10.4. The molecule has 0 aliphatic carbocycles. The number of nitrogens with zero attached hydrogens (tertiary/aromatic N) is 1. The SMILES string of the molecule is CS(=O)CCNC(=O)N1CCOCC1C(=O)O. The van der Waals surface area contributed by atoms with Crippen molar-refractivity contribution in [2.75, 3.05) is 38.3 Å². The number of amides is 2. The van der Waals surface area contributed by atoms with Crippen LogP contribution in [-0.4, -0.2) is 70.6 Å². The minimum Gasteiger partial charge on any atom is -0.480 e. The Balaban J connectivity index is 2.47. The van der Waals surface area contributed by atoms with Crippen LogP contribution in [0.5, 0.6) is 0 Å². The van der Waals surface area contributed by atoms with E-state index in [1.807, 2.05) is 0 Å². The summed E-state index contributed by atoms with van der Waals surface area (Å²) in [7, 11) is -0.979. The largest absolute Gasteiger partial charge is 0.480 e. The third kappa shape index (κ3) is 4.31. The Hall–Kier alpha value is -1.15. The second-order valence-electron chi connectivity index (χ2n) is 3.63. The maximum atomic E-state index is 11.7. The molecule has 0 saturated carbocycles. The molecule has 2 unspecified atom stereocenters. The Labute approximate surface area is 102 Å². The van der Waals surface area contributed by atoms with Crippen LogP contribution in [0.25, 0.3) is 0 Å². The van der Waals surface area contributed by atoms with Crippen LogP contribution in [0.2, 0.25) is 0 Å². The van der Waals surface area contributed by atoms with E-state index in [0.29, 0.717) is 12.4 Å². The first-order chi connectivity index (χ1) is 8.02. The first-order valence-electron chi connectivity index (χ1n) is 5.17. The molecular weight excluding hydrogens is 248 g/mol. The summed E-state index contributed by atoms with van der Waals surface area (Å²) in [5, 5.41) is 11.5.